The smallest absolute Gasteiger partial charge is 0.131 e. The van der Waals surface area contributed by atoms with Crippen molar-refractivity contribution in [3.8, 4) is 0 Å². The van der Waals surface area contributed by atoms with Gasteiger partial charge in [0, 0.05) is 5.92 Å². The van der Waals surface area contributed by atoms with Gasteiger partial charge in [-0.25, -0.2) is 0 Å². The average Bonchev–Trinajstić information content (AvgIpc) is 2.62. The summed E-state index contributed by atoms with van der Waals surface area (Å²) in [6.45, 7) is 11.8. The summed E-state index contributed by atoms with van der Waals surface area (Å²) in [5.74, 6) is 0.498. The van der Waals surface area contributed by atoms with E-state index >= 15 is 0 Å². The Hall–Kier alpha value is -0.480. The highest BCUT2D eigenvalue weighted by atomic mass is 32.1. The number of hydrogen-bond donors (Lipinski definition) is 0. The first-order valence-electron chi connectivity index (χ1n) is 5.22. The van der Waals surface area contributed by atoms with Crippen LogP contribution < -0.4 is 0 Å². The van der Waals surface area contributed by atoms with Gasteiger partial charge in [0.15, 0.2) is 0 Å². The summed E-state index contributed by atoms with van der Waals surface area (Å²) in [5.41, 5.74) is 0. The van der Waals surface area contributed by atoms with Crippen molar-refractivity contribution in [1.29, 1.82) is 0 Å². The van der Waals surface area contributed by atoms with Gasteiger partial charge in [-0.05, 0) is 13.1 Å². The van der Waals surface area contributed by atoms with Gasteiger partial charge in [-0.15, -0.1) is 10.2 Å². The second kappa shape index (κ2) is 5.41. The van der Waals surface area contributed by atoms with Gasteiger partial charge < -0.3 is 0 Å². The summed E-state index contributed by atoms with van der Waals surface area (Å²) in [7, 11) is 0. The van der Waals surface area contributed by atoms with Crippen molar-refractivity contribution < 1.29 is 0 Å². The minimum absolute atomic E-state index is 0.498. The SMILES string of the molecule is CCN(CC)Cc1nnc(C(C)C)s1. The van der Waals surface area contributed by atoms with Crippen LogP contribution in [0.4, 0.5) is 0 Å². The molecule has 0 saturated carbocycles. The molecule has 80 valence electrons. The number of rotatable bonds is 5. The lowest BCUT2D eigenvalue weighted by atomic mass is 10.2. The third-order valence-corrected chi connectivity index (χ3v) is 3.44. The molecule has 0 aliphatic heterocycles. The summed E-state index contributed by atoms with van der Waals surface area (Å²) in [4.78, 5) is 2.35. The molecule has 1 aromatic heterocycles. The maximum Gasteiger partial charge on any atom is 0.131 e. The minimum Gasteiger partial charge on any atom is -0.297 e. The Morgan fingerprint density at radius 1 is 1.21 bits per heavy atom. The molecule has 0 bridgehead atoms. The fourth-order valence-corrected chi connectivity index (χ4v) is 2.09. The van der Waals surface area contributed by atoms with Crippen LogP contribution in [0, 0.1) is 0 Å². The van der Waals surface area contributed by atoms with Crippen LogP contribution >= 0.6 is 11.3 Å². The van der Waals surface area contributed by atoms with Crippen LogP contribution in [-0.4, -0.2) is 28.2 Å². The van der Waals surface area contributed by atoms with Crippen LogP contribution in [0.5, 0.6) is 0 Å². The monoisotopic (exact) mass is 213 g/mol. The van der Waals surface area contributed by atoms with Gasteiger partial charge in [0.25, 0.3) is 0 Å². The molecule has 0 N–H and O–H groups in total. The maximum absolute atomic E-state index is 4.20. The van der Waals surface area contributed by atoms with Crippen LogP contribution in [0.1, 0.15) is 43.6 Å². The second-order valence-corrected chi connectivity index (χ2v) is 4.74. The van der Waals surface area contributed by atoms with Gasteiger partial charge in [0.05, 0.1) is 6.54 Å². The molecule has 0 saturated heterocycles. The van der Waals surface area contributed by atoms with E-state index in [1.54, 1.807) is 11.3 Å². The first-order chi connectivity index (χ1) is 6.67. The molecule has 0 atom stereocenters. The lowest BCUT2D eigenvalue weighted by Crippen LogP contribution is -2.21. The van der Waals surface area contributed by atoms with E-state index in [2.05, 4.69) is 42.8 Å². The van der Waals surface area contributed by atoms with Crippen molar-refractivity contribution in [2.45, 2.75) is 40.2 Å². The quantitative estimate of drug-likeness (QED) is 0.752. The topological polar surface area (TPSA) is 29.0 Å². The molecule has 4 heteroatoms. The van der Waals surface area contributed by atoms with E-state index in [1.165, 1.54) is 0 Å². The molecule has 1 aromatic rings. The van der Waals surface area contributed by atoms with Crippen molar-refractivity contribution in [2.75, 3.05) is 13.1 Å². The zero-order chi connectivity index (χ0) is 10.6. The third kappa shape index (κ3) is 3.03. The predicted molar refractivity (Wildman–Crippen MR) is 60.6 cm³/mol. The van der Waals surface area contributed by atoms with Crippen molar-refractivity contribution >= 4 is 11.3 Å². The van der Waals surface area contributed by atoms with E-state index in [0.29, 0.717) is 5.92 Å². The van der Waals surface area contributed by atoms with Gasteiger partial charge in [0.1, 0.15) is 10.0 Å². The van der Waals surface area contributed by atoms with Crippen molar-refractivity contribution in [3.05, 3.63) is 10.0 Å². The van der Waals surface area contributed by atoms with Gasteiger partial charge in [-0.2, -0.15) is 0 Å². The average molecular weight is 213 g/mol. The number of aromatic nitrogens is 2. The van der Waals surface area contributed by atoms with Gasteiger partial charge in [-0.1, -0.05) is 39.0 Å². The highest BCUT2D eigenvalue weighted by molar-refractivity contribution is 7.11. The van der Waals surface area contributed by atoms with E-state index in [1.807, 2.05) is 0 Å². The Morgan fingerprint density at radius 2 is 1.86 bits per heavy atom. The normalized spacial score (nSPS) is 11.6. The Morgan fingerprint density at radius 3 is 2.29 bits per heavy atom. The molecule has 0 fully saturated rings. The summed E-state index contributed by atoms with van der Waals surface area (Å²) < 4.78 is 0. The van der Waals surface area contributed by atoms with Crippen LogP contribution in [0.3, 0.4) is 0 Å². The molecule has 3 nitrogen and oxygen atoms in total. The summed E-state index contributed by atoms with van der Waals surface area (Å²) in [6.07, 6.45) is 0. The highest BCUT2D eigenvalue weighted by Gasteiger charge is 2.09. The van der Waals surface area contributed by atoms with E-state index in [9.17, 15) is 0 Å². The second-order valence-electron chi connectivity index (χ2n) is 3.65. The van der Waals surface area contributed by atoms with E-state index in [0.717, 1.165) is 29.6 Å². The Kier molecular flexibility index (Phi) is 4.48. The molecule has 1 heterocycles. The number of nitrogens with zero attached hydrogens (tertiary/aromatic N) is 3. The molecule has 0 aliphatic carbocycles. The van der Waals surface area contributed by atoms with E-state index in [-0.39, 0.29) is 0 Å². The largest absolute Gasteiger partial charge is 0.297 e. The molecule has 0 aromatic carbocycles. The molecule has 0 radical (unpaired) electrons. The summed E-state index contributed by atoms with van der Waals surface area (Å²) >= 11 is 1.74. The predicted octanol–water partition coefficient (Wildman–Crippen LogP) is 2.50. The van der Waals surface area contributed by atoms with Gasteiger partial charge >= 0.3 is 0 Å². The van der Waals surface area contributed by atoms with Crippen molar-refractivity contribution in [2.24, 2.45) is 0 Å². The van der Waals surface area contributed by atoms with Gasteiger partial charge in [-0.3, -0.25) is 4.90 Å². The van der Waals surface area contributed by atoms with Crippen LogP contribution in [0.15, 0.2) is 0 Å². The lowest BCUT2D eigenvalue weighted by Gasteiger charge is -2.15. The van der Waals surface area contributed by atoms with E-state index in [4.69, 9.17) is 0 Å². The van der Waals surface area contributed by atoms with E-state index < -0.39 is 0 Å². The first-order valence-corrected chi connectivity index (χ1v) is 6.03. The Bertz CT molecular complexity index is 266. The zero-order valence-corrected chi connectivity index (χ0v) is 10.3. The molecular formula is C10H19N3S. The molecular weight excluding hydrogens is 194 g/mol. The Balaban J connectivity index is 2.58. The first kappa shape index (κ1) is 11.6. The van der Waals surface area contributed by atoms with Crippen LogP contribution in [0.2, 0.25) is 0 Å². The number of hydrogen-bond acceptors (Lipinski definition) is 4. The van der Waals surface area contributed by atoms with Gasteiger partial charge in [0.2, 0.25) is 0 Å². The maximum atomic E-state index is 4.20. The molecule has 1 rings (SSSR count). The zero-order valence-electron chi connectivity index (χ0n) is 9.45. The fourth-order valence-electron chi connectivity index (χ4n) is 1.20. The van der Waals surface area contributed by atoms with Crippen LogP contribution in [0.25, 0.3) is 0 Å². The van der Waals surface area contributed by atoms with Crippen LogP contribution in [-0.2, 0) is 6.54 Å². The molecule has 0 unspecified atom stereocenters. The molecule has 0 spiro atoms. The lowest BCUT2D eigenvalue weighted by molar-refractivity contribution is 0.294. The standard InChI is InChI=1S/C10H19N3S/c1-5-13(6-2)7-9-11-12-10(14-9)8(3)4/h8H,5-7H2,1-4H3. The minimum atomic E-state index is 0.498. The molecule has 0 amide bonds. The molecule has 14 heavy (non-hydrogen) atoms. The fraction of sp³-hybridized carbons (Fsp3) is 0.800. The van der Waals surface area contributed by atoms with Crippen molar-refractivity contribution in [3.63, 3.8) is 0 Å². The third-order valence-electron chi connectivity index (χ3n) is 2.23. The summed E-state index contributed by atoms with van der Waals surface area (Å²) in [5, 5.41) is 10.7. The molecule has 0 aliphatic rings. The van der Waals surface area contributed by atoms with Crippen molar-refractivity contribution in [1.82, 2.24) is 15.1 Å². The summed E-state index contributed by atoms with van der Waals surface area (Å²) in [6, 6.07) is 0. The Labute approximate surface area is 90.2 Å². The highest BCUT2D eigenvalue weighted by Crippen LogP contribution is 2.19.